The predicted octanol–water partition coefficient (Wildman–Crippen LogP) is -0.391. The van der Waals surface area contributed by atoms with E-state index < -0.39 is 12.0 Å². The number of morpholine rings is 1. The Labute approximate surface area is 82.4 Å². The number of hydrogen-bond donors (Lipinski definition) is 2. The van der Waals surface area contributed by atoms with E-state index in [0.29, 0.717) is 19.8 Å². The van der Waals surface area contributed by atoms with Gasteiger partial charge in [-0.05, 0) is 12.8 Å². The third-order valence-corrected chi connectivity index (χ3v) is 2.89. The van der Waals surface area contributed by atoms with Gasteiger partial charge < -0.3 is 14.6 Å². The van der Waals surface area contributed by atoms with E-state index in [1.807, 2.05) is 0 Å². The van der Waals surface area contributed by atoms with Gasteiger partial charge in [0, 0.05) is 18.8 Å². The van der Waals surface area contributed by atoms with Crippen LogP contribution < -0.4 is 5.32 Å². The van der Waals surface area contributed by atoms with E-state index in [9.17, 15) is 4.79 Å². The zero-order chi connectivity index (χ0) is 10.0. The predicted molar refractivity (Wildman–Crippen MR) is 48.2 cm³/mol. The molecule has 5 heteroatoms. The average molecular weight is 201 g/mol. The minimum absolute atomic E-state index is 0.167. The number of rotatable bonds is 1. The first kappa shape index (κ1) is 9.89. The molecule has 0 aromatic heterocycles. The number of nitrogens with one attached hydrogen (secondary N) is 1. The first-order valence-electron chi connectivity index (χ1n) is 4.88. The van der Waals surface area contributed by atoms with Gasteiger partial charge in [-0.2, -0.15) is 0 Å². The second kappa shape index (κ2) is 3.84. The quantitative estimate of drug-likeness (QED) is 0.604. The fourth-order valence-corrected chi connectivity index (χ4v) is 2.01. The van der Waals surface area contributed by atoms with E-state index in [-0.39, 0.29) is 12.1 Å². The summed E-state index contributed by atoms with van der Waals surface area (Å²) in [7, 11) is 0. The molecule has 0 aromatic rings. The van der Waals surface area contributed by atoms with Crippen LogP contribution in [0.15, 0.2) is 0 Å². The van der Waals surface area contributed by atoms with Gasteiger partial charge in [0.2, 0.25) is 0 Å². The monoisotopic (exact) mass is 201 g/mol. The molecule has 1 spiro atoms. The van der Waals surface area contributed by atoms with Gasteiger partial charge in [0.05, 0.1) is 13.2 Å². The van der Waals surface area contributed by atoms with Gasteiger partial charge in [0.25, 0.3) is 0 Å². The molecular weight excluding hydrogens is 186 g/mol. The molecule has 0 saturated carbocycles. The van der Waals surface area contributed by atoms with Crippen LogP contribution in [0.2, 0.25) is 0 Å². The van der Waals surface area contributed by atoms with Crippen molar-refractivity contribution in [2.24, 2.45) is 0 Å². The molecule has 1 atom stereocenters. The molecule has 2 aliphatic heterocycles. The zero-order valence-corrected chi connectivity index (χ0v) is 7.99. The third kappa shape index (κ3) is 1.89. The van der Waals surface area contributed by atoms with E-state index >= 15 is 0 Å². The molecule has 2 fully saturated rings. The van der Waals surface area contributed by atoms with Crippen LogP contribution in [-0.4, -0.2) is 49.1 Å². The standard InChI is InChI=1S/C9H15NO4/c11-8(12)7-5-14-6-9(10-7)1-3-13-4-2-9/h7,10H,1-6H2,(H,11,12). The lowest BCUT2D eigenvalue weighted by molar-refractivity contribution is -0.147. The summed E-state index contributed by atoms with van der Waals surface area (Å²) < 4.78 is 10.6. The summed E-state index contributed by atoms with van der Waals surface area (Å²) in [6.07, 6.45) is 1.66. The maximum atomic E-state index is 10.8. The number of carboxylic acids is 1. The number of carbonyl (C=O) groups is 1. The molecule has 0 bridgehead atoms. The topological polar surface area (TPSA) is 67.8 Å². The van der Waals surface area contributed by atoms with Crippen LogP contribution in [0.1, 0.15) is 12.8 Å². The van der Waals surface area contributed by atoms with E-state index in [2.05, 4.69) is 5.32 Å². The molecule has 2 rings (SSSR count). The summed E-state index contributed by atoms with van der Waals surface area (Å²) in [6, 6.07) is -0.568. The SMILES string of the molecule is O=C(O)C1COCC2(CCOCC2)N1. The van der Waals surface area contributed by atoms with Crippen molar-refractivity contribution in [3.8, 4) is 0 Å². The van der Waals surface area contributed by atoms with Crippen LogP contribution in [-0.2, 0) is 14.3 Å². The maximum Gasteiger partial charge on any atom is 0.323 e. The summed E-state index contributed by atoms with van der Waals surface area (Å²) in [5.74, 6) is -0.837. The Morgan fingerprint density at radius 1 is 1.36 bits per heavy atom. The van der Waals surface area contributed by atoms with E-state index in [1.165, 1.54) is 0 Å². The van der Waals surface area contributed by atoms with Gasteiger partial charge in [0.15, 0.2) is 0 Å². The van der Waals surface area contributed by atoms with E-state index in [1.54, 1.807) is 0 Å². The summed E-state index contributed by atoms with van der Waals surface area (Å²) in [5.41, 5.74) is -0.167. The summed E-state index contributed by atoms with van der Waals surface area (Å²) in [5, 5.41) is 12.0. The lowest BCUT2D eigenvalue weighted by Crippen LogP contribution is -2.63. The van der Waals surface area contributed by atoms with Crippen LogP contribution in [0, 0.1) is 0 Å². The number of ether oxygens (including phenoxy) is 2. The highest BCUT2D eigenvalue weighted by molar-refractivity contribution is 5.73. The molecule has 2 N–H and O–H groups in total. The second-order valence-electron chi connectivity index (χ2n) is 3.94. The van der Waals surface area contributed by atoms with Crippen molar-refractivity contribution < 1.29 is 19.4 Å². The molecule has 0 aromatic carbocycles. The lowest BCUT2D eigenvalue weighted by atomic mass is 9.89. The van der Waals surface area contributed by atoms with Gasteiger partial charge in [-0.3, -0.25) is 10.1 Å². The third-order valence-electron chi connectivity index (χ3n) is 2.89. The van der Waals surface area contributed by atoms with Crippen molar-refractivity contribution in [1.29, 1.82) is 0 Å². The van der Waals surface area contributed by atoms with Gasteiger partial charge in [-0.1, -0.05) is 0 Å². The van der Waals surface area contributed by atoms with Crippen LogP contribution in [0.5, 0.6) is 0 Å². The van der Waals surface area contributed by atoms with Crippen LogP contribution in [0.25, 0.3) is 0 Å². The highest BCUT2D eigenvalue weighted by Gasteiger charge is 2.40. The Hall–Kier alpha value is -0.650. The van der Waals surface area contributed by atoms with Crippen molar-refractivity contribution in [2.75, 3.05) is 26.4 Å². The van der Waals surface area contributed by atoms with Crippen LogP contribution >= 0.6 is 0 Å². The first-order chi connectivity index (χ1) is 6.72. The van der Waals surface area contributed by atoms with E-state index in [4.69, 9.17) is 14.6 Å². The maximum absolute atomic E-state index is 10.8. The fourth-order valence-electron chi connectivity index (χ4n) is 2.01. The zero-order valence-electron chi connectivity index (χ0n) is 7.99. The van der Waals surface area contributed by atoms with Crippen molar-refractivity contribution in [3.05, 3.63) is 0 Å². The number of hydrogen-bond acceptors (Lipinski definition) is 4. The Balaban J connectivity index is 2.01. The molecule has 80 valence electrons. The molecule has 2 aliphatic rings. The number of aliphatic carboxylic acids is 1. The molecule has 0 radical (unpaired) electrons. The summed E-state index contributed by atoms with van der Waals surface area (Å²) in [6.45, 7) is 2.23. The molecule has 0 aliphatic carbocycles. The fraction of sp³-hybridized carbons (Fsp3) is 0.889. The molecular formula is C9H15NO4. The number of carboxylic acid groups (broad SMARTS) is 1. The molecule has 2 saturated heterocycles. The molecule has 2 heterocycles. The second-order valence-corrected chi connectivity index (χ2v) is 3.94. The Kier molecular flexibility index (Phi) is 2.71. The van der Waals surface area contributed by atoms with Crippen LogP contribution in [0.3, 0.4) is 0 Å². The smallest absolute Gasteiger partial charge is 0.323 e. The van der Waals surface area contributed by atoms with E-state index in [0.717, 1.165) is 12.8 Å². The van der Waals surface area contributed by atoms with Crippen molar-refractivity contribution in [2.45, 2.75) is 24.4 Å². The highest BCUT2D eigenvalue weighted by atomic mass is 16.5. The Morgan fingerprint density at radius 3 is 2.71 bits per heavy atom. The van der Waals surface area contributed by atoms with Gasteiger partial charge in [0.1, 0.15) is 6.04 Å². The van der Waals surface area contributed by atoms with Gasteiger partial charge in [-0.15, -0.1) is 0 Å². The molecule has 1 unspecified atom stereocenters. The lowest BCUT2D eigenvalue weighted by Gasteiger charge is -2.43. The van der Waals surface area contributed by atoms with Crippen molar-refractivity contribution >= 4 is 5.97 Å². The molecule has 14 heavy (non-hydrogen) atoms. The molecule has 0 amide bonds. The Bertz CT molecular complexity index is 219. The van der Waals surface area contributed by atoms with Gasteiger partial charge >= 0.3 is 5.97 Å². The summed E-state index contributed by atoms with van der Waals surface area (Å²) in [4.78, 5) is 10.8. The average Bonchev–Trinajstić information content (AvgIpc) is 2.19. The van der Waals surface area contributed by atoms with Gasteiger partial charge in [-0.25, -0.2) is 0 Å². The highest BCUT2D eigenvalue weighted by Crippen LogP contribution is 2.24. The summed E-state index contributed by atoms with van der Waals surface area (Å²) >= 11 is 0. The molecule has 5 nitrogen and oxygen atoms in total. The van der Waals surface area contributed by atoms with Crippen molar-refractivity contribution in [1.82, 2.24) is 5.32 Å². The normalized spacial score (nSPS) is 31.6. The van der Waals surface area contributed by atoms with Crippen LogP contribution in [0.4, 0.5) is 0 Å². The van der Waals surface area contributed by atoms with Crippen molar-refractivity contribution in [3.63, 3.8) is 0 Å². The minimum Gasteiger partial charge on any atom is -0.480 e. The largest absolute Gasteiger partial charge is 0.480 e. The first-order valence-corrected chi connectivity index (χ1v) is 4.88. The Morgan fingerprint density at radius 2 is 2.07 bits per heavy atom. The minimum atomic E-state index is -0.837.